The highest BCUT2D eigenvalue weighted by molar-refractivity contribution is 6.31. The number of aliphatic carboxylic acids is 1. The number of hydrogen-bond acceptors (Lipinski definition) is 7. The number of aromatic nitrogens is 4. The third-order valence-corrected chi connectivity index (χ3v) is 3.86. The number of tetrazole rings is 1. The maximum atomic E-state index is 12.9. The highest BCUT2D eigenvalue weighted by Gasteiger charge is 2.30. The van der Waals surface area contributed by atoms with Crippen molar-refractivity contribution >= 4 is 40.5 Å². The molecule has 0 bridgehead atoms. The van der Waals surface area contributed by atoms with Crippen molar-refractivity contribution in [3.63, 3.8) is 0 Å². The maximum absolute atomic E-state index is 12.9. The van der Waals surface area contributed by atoms with Crippen molar-refractivity contribution in [1.82, 2.24) is 15.5 Å². The Bertz CT molecular complexity index is 1410. The maximum Gasteiger partial charge on any atom is 0.430 e. The summed E-state index contributed by atoms with van der Waals surface area (Å²) in [6.07, 6.45) is -5.19. The van der Waals surface area contributed by atoms with Crippen LogP contribution in [0.3, 0.4) is 0 Å². The van der Waals surface area contributed by atoms with Crippen LogP contribution in [-0.2, 0) is 9.59 Å². The highest BCUT2D eigenvalue weighted by Crippen LogP contribution is 2.28. The molecule has 2 heterocycles. The third kappa shape index (κ3) is 5.13. The normalized spacial score (nSPS) is 15.9. The van der Waals surface area contributed by atoms with Crippen LogP contribution in [0.4, 0.5) is 24.5 Å². The summed E-state index contributed by atoms with van der Waals surface area (Å²) in [4.78, 5) is 21.7. The Morgan fingerprint density at radius 2 is 2.09 bits per heavy atom. The van der Waals surface area contributed by atoms with Crippen LogP contribution >= 0.6 is 11.6 Å². The molecule has 0 fully saturated rings. The van der Waals surface area contributed by atoms with Crippen molar-refractivity contribution in [2.75, 3.05) is 10.6 Å². The standard InChI is InChI=1S/C16H11ClN6O2.C2HF3O2/c17-9-5-6-13-11(7-9)18-12(16-20-21-22-23(13)16)8-15(25)19-10-3-1-2-4-14(10)24;3-2(4,5)1(6)7/h1-8H,(H3,18,19,20,21,22,24,25);(H,6,7)/i8D;/hD4. The molecule has 3 aromatic rings. The van der Waals surface area contributed by atoms with Gasteiger partial charge in [0.15, 0.2) is 8.51 Å². The number of phenols is 1. The van der Waals surface area contributed by atoms with E-state index < -0.39 is 24.1 Å². The summed E-state index contributed by atoms with van der Waals surface area (Å²) >= 11 is 6.03. The number of carboxylic acids is 1. The summed E-state index contributed by atoms with van der Waals surface area (Å²) in [5, 5.41) is 22.9. The number of hydrogen-bond donors (Lipinski definition) is 4. The molecule has 0 radical (unpaired) electrons. The summed E-state index contributed by atoms with van der Waals surface area (Å²) in [5.41, 5.74) is 0.229. The van der Waals surface area contributed by atoms with E-state index >= 15 is 0 Å². The van der Waals surface area contributed by atoms with E-state index in [1.807, 2.05) is 0 Å². The average Bonchev–Trinajstić information content (AvgIpc) is 3.23. The first-order valence-electron chi connectivity index (χ1n) is 10.6. The smallest absolute Gasteiger partial charge is 0.430 e. The first-order valence-corrected chi connectivity index (χ1v) is 8.68. The number of aromatic hydroxyl groups is 1. The van der Waals surface area contributed by atoms with Gasteiger partial charge < -0.3 is 25.6 Å². The van der Waals surface area contributed by atoms with Gasteiger partial charge in [-0.1, -0.05) is 28.4 Å². The van der Waals surface area contributed by atoms with Crippen molar-refractivity contribution in [3.8, 4) is 11.4 Å². The number of nitrogens with one attached hydrogen (secondary N) is 3. The van der Waals surface area contributed by atoms with Crippen LogP contribution in [0.2, 0.25) is 9.26 Å². The van der Waals surface area contributed by atoms with Crippen LogP contribution in [-0.4, -0.2) is 40.1 Å². The number of anilines is 2. The minimum Gasteiger partial charge on any atom is -0.542 e. The highest BCUT2D eigenvalue weighted by atomic mass is 35.5. The minimum absolute atomic E-state index is 0.0596. The van der Waals surface area contributed by atoms with Gasteiger partial charge in [0.1, 0.15) is 17.4 Å². The van der Waals surface area contributed by atoms with Gasteiger partial charge in [-0.05, 0) is 35.5 Å². The molecule has 0 saturated carbocycles. The van der Waals surface area contributed by atoms with E-state index in [0.717, 1.165) is 5.31 Å². The first-order chi connectivity index (χ1) is 17.3. The zero-order valence-corrected chi connectivity index (χ0v) is 16.1. The van der Waals surface area contributed by atoms with Crippen molar-refractivity contribution in [2.45, 2.75) is 6.18 Å². The Kier molecular flexibility index (Phi) is 4.62. The number of amides is 1. The molecular formula is C18H12ClF3N6O4. The molecule has 0 saturated heterocycles. The summed E-state index contributed by atoms with van der Waals surface area (Å²) in [6.45, 7) is 0. The molecular weight excluding hydrogens is 457 g/mol. The van der Waals surface area contributed by atoms with Gasteiger partial charge in [0.2, 0.25) is 0 Å². The lowest BCUT2D eigenvalue weighted by Crippen LogP contribution is -2.41. The molecule has 2 aromatic carbocycles. The molecule has 1 amide bonds. The van der Waals surface area contributed by atoms with Crippen molar-refractivity contribution in [3.05, 3.63) is 59.4 Å². The Morgan fingerprint density at radius 1 is 1.38 bits per heavy atom. The topological polar surface area (TPSA) is 147 Å². The SMILES string of the molecule is O=C([O-])C(F)(F)F.[2H]Oc1ccccc1N([2H])C(=O)/C([2H])=C1/c2nn([2H])n[n+]2-c2ccc(Cl)cc2N1[2H]. The summed E-state index contributed by atoms with van der Waals surface area (Å²) in [6, 6.07) is 9.71. The number of nitrogens with zero attached hydrogens (tertiary/aromatic N) is 3. The molecule has 0 spiro atoms. The Labute approximate surface area is 189 Å². The van der Waals surface area contributed by atoms with E-state index in [0.29, 0.717) is 21.2 Å². The van der Waals surface area contributed by atoms with Crippen molar-refractivity contribution in [1.29, 1.82) is 1.43 Å². The number of carbonyl (C=O) groups is 2. The number of halogens is 4. The van der Waals surface area contributed by atoms with Crippen molar-refractivity contribution < 1.29 is 43.3 Å². The lowest BCUT2D eigenvalue weighted by molar-refractivity contribution is -0.662. The fourth-order valence-corrected chi connectivity index (χ4v) is 2.47. The fraction of sp³-hybridized carbons (Fsp3) is 0.0556. The Morgan fingerprint density at radius 3 is 2.78 bits per heavy atom. The van der Waals surface area contributed by atoms with Crippen LogP contribution < -0.4 is 20.4 Å². The van der Waals surface area contributed by atoms with E-state index in [1.165, 1.54) is 22.9 Å². The van der Waals surface area contributed by atoms with Gasteiger partial charge >= 0.3 is 13.4 Å². The quantitative estimate of drug-likeness (QED) is 0.253. The van der Waals surface area contributed by atoms with Gasteiger partial charge in [-0.3, -0.25) is 4.79 Å². The molecule has 14 heteroatoms. The molecule has 0 atom stereocenters. The minimum atomic E-state index is -5.19. The average molecular weight is 474 g/mol. The van der Waals surface area contributed by atoms with Gasteiger partial charge in [0.05, 0.1) is 23.1 Å². The number of phenolic OH excluding ortho intramolecular Hbond substituents is 1. The van der Waals surface area contributed by atoms with Crippen LogP contribution in [0.5, 0.6) is 5.75 Å². The summed E-state index contributed by atoms with van der Waals surface area (Å²) in [7, 11) is 0. The van der Waals surface area contributed by atoms with Gasteiger partial charge in [0.25, 0.3) is 7.34 Å². The Hall–Kier alpha value is -4.13. The van der Waals surface area contributed by atoms with Crippen LogP contribution in [0.1, 0.15) is 7.20 Å². The number of H-pyrrole nitrogens is 1. The van der Waals surface area contributed by atoms with Crippen LogP contribution in [0.25, 0.3) is 11.4 Å². The van der Waals surface area contributed by atoms with E-state index in [-0.39, 0.29) is 28.6 Å². The largest absolute Gasteiger partial charge is 0.542 e. The zero-order valence-electron chi connectivity index (χ0n) is 20.4. The predicted molar refractivity (Wildman–Crippen MR) is 102 cm³/mol. The molecule has 1 aliphatic heterocycles. The monoisotopic (exact) mass is 473 g/mol. The second-order valence-electron chi connectivity index (χ2n) is 5.80. The third-order valence-electron chi connectivity index (χ3n) is 3.62. The predicted octanol–water partition coefficient (Wildman–Crippen LogP) is 1.14. The number of para-hydroxylation sites is 2. The van der Waals surface area contributed by atoms with E-state index in [4.69, 9.17) is 28.5 Å². The number of rotatable bonds is 3. The molecule has 10 nitrogen and oxygen atoms in total. The van der Waals surface area contributed by atoms with E-state index in [2.05, 4.69) is 15.4 Å². The first kappa shape index (κ1) is 16.5. The zero-order chi connectivity index (χ0) is 27.7. The fourth-order valence-electron chi connectivity index (χ4n) is 2.30. The Balaban J connectivity index is 0.000000479. The molecule has 166 valence electrons. The van der Waals surface area contributed by atoms with Gasteiger partial charge in [-0.15, -0.1) is 0 Å². The molecule has 1 aliphatic rings. The van der Waals surface area contributed by atoms with Gasteiger partial charge in [-0.25, -0.2) is 0 Å². The van der Waals surface area contributed by atoms with Crippen LogP contribution in [0.15, 0.2) is 48.5 Å². The molecule has 1 aromatic heterocycles. The molecule has 0 aliphatic carbocycles. The number of carbonyl (C=O) groups excluding carboxylic acids is 2. The molecule has 4 N–H and O–H groups in total. The summed E-state index contributed by atoms with van der Waals surface area (Å²) in [5.74, 6) is -4.28. The lowest BCUT2D eigenvalue weighted by atomic mass is 10.2. The van der Waals surface area contributed by atoms with Gasteiger partial charge in [-0.2, -0.15) is 13.2 Å². The molecule has 0 unspecified atom stereocenters. The van der Waals surface area contributed by atoms with Crippen LogP contribution in [0, 0.1) is 0 Å². The number of aromatic amines is 1. The van der Waals surface area contributed by atoms with Crippen molar-refractivity contribution in [2.24, 2.45) is 0 Å². The second-order valence-corrected chi connectivity index (χ2v) is 6.24. The molecule has 32 heavy (non-hydrogen) atoms. The number of benzene rings is 2. The molecule has 4 rings (SSSR count). The number of fused-ring (bicyclic) bond motifs is 3. The van der Waals surface area contributed by atoms with E-state index in [1.54, 1.807) is 24.3 Å². The van der Waals surface area contributed by atoms with E-state index in [9.17, 15) is 18.0 Å². The number of carboxylic acid groups (broad SMARTS) is 1. The second kappa shape index (κ2) is 8.93. The number of alkyl halides is 3. The lowest BCUT2D eigenvalue weighted by Gasteiger charge is -2.16. The summed E-state index contributed by atoms with van der Waals surface area (Å²) < 4.78 is 72.5. The van der Waals surface area contributed by atoms with Gasteiger partial charge in [0, 0.05) is 11.1 Å².